The van der Waals surface area contributed by atoms with Crippen molar-refractivity contribution >= 4 is 56.3 Å². The Morgan fingerprint density at radius 1 is 1.37 bits per heavy atom. The van der Waals surface area contributed by atoms with E-state index in [0.29, 0.717) is 25.3 Å². The molecule has 3 heterocycles. The summed E-state index contributed by atoms with van der Waals surface area (Å²) in [4.78, 5) is 30.0. The van der Waals surface area contributed by atoms with Gasteiger partial charge in [0.1, 0.15) is 10.7 Å². The first-order valence-corrected chi connectivity index (χ1v) is 11.6. The molecule has 0 saturated heterocycles. The van der Waals surface area contributed by atoms with Gasteiger partial charge in [-0.15, -0.1) is 11.3 Å². The summed E-state index contributed by atoms with van der Waals surface area (Å²) in [5.41, 5.74) is 5.80. The second-order valence-corrected chi connectivity index (χ2v) is 9.67. The topological polar surface area (TPSA) is 77.0 Å². The number of aryl methyl sites for hydroxylation is 1. The third-order valence-electron chi connectivity index (χ3n) is 5.07. The Morgan fingerprint density at radius 2 is 2.17 bits per heavy atom. The Hall–Kier alpha value is -2.39. The number of hydrogen-bond acceptors (Lipinski definition) is 6. The molecule has 0 fully saturated rings. The molecule has 1 unspecified atom stereocenters. The van der Waals surface area contributed by atoms with Gasteiger partial charge in [0.25, 0.3) is 5.91 Å². The zero-order valence-electron chi connectivity index (χ0n) is 17.1. The van der Waals surface area contributed by atoms with Crippen molar-refractivity contribution in [1.29, 1.82) is 0 Å². The van der Waals surface area contributed by atoms with Gasteiger partial charge in [0.15, 0.2) is 0 Å². The maximum absolute atomic E-state index is 12.9. The molecule has 0 aliphatic carbocycles. The summed E-state index contributed by atoms with van der Waals surface area (Å²) in [5.74, 6) is 1.06. The Morgan fingerprint density at radius 3 is 2.90 bits per heavy atom. The van der Waals surface area contributed by atoms with E-state index >= 15 is 0 Å². The number of hydrogen-bond donors (Lipinski definition) is 2. The lowest BCUT2D eigenvalue weighted by Gasteiger charge is -2.40. The van der Waals surface area contributed by atoms with Crippen molar-refractivity contribution < 1.29 is 9.59 Å². The van der Waals surface area contributed by atoms with Gasteiger partial charge in [0.2, 0.25) is 12.2 Å². The number of hydrazone groups is 1. The molecule has 0 spiro atoms. The van der Waals surface area contributed by atoms with Gasteiger partial charge in [-0.2, -0.15) is 5.10 Å². The van der Waals surface area contributed by atoms with Crippen LogP contribution < -0.4 is 15.6 Å². The van der Waals surface area contributed by atoms with Crippen LogP contribution in [0.1, 0.15) is 41.9 Å². The molecule has 7 nitrogen and oxygen atoms in total. The fourth-order valence-electron chi connectivity index (χ4n) is 3.68. The molecule has 2 N–H and O–H groups in total. The third kappa shape index (κ3) is 3.96. The molecule has 9 heteroatoms. The number of carbonyl (C=O) groups is 2. The van der Waals surface area contributed by atoms with Crippen molar-refractivity contribution in [2.75, 3.05) is 16.8 Å². The number of anilines is 2. The average molecular weight is 490 g/mol. The van der Waals surface area contributed by atoms with E-state index < -0.39 is 0 Å². The second-order valence-electron chi connectivity index (χ2n) is 7.90. The zero-order valence-corrected chi connectivity index (χ0v) is 19.5. The molecule has 1 aromatic heterocycles. The Bertz CT molecular complexity index is 1020. The number of nitrogens with zero attached hydrogens (tertiary/aromatic N) is 3. The van der Waals surface area contributed by atoms with Crippen LogP contribution in [0.3, 0.4) is 0 Å². The molecule has 2 aromatic rings. The minimum atomic E-state index is -0.339. The lowest BCUT2D eigenvalue weighted by atomic mass is 10.1. The number of thiophene rings is 1. The van der Waals surface area contributed by atoms with Crippen LogP contribution in [0.25, 0.3) is 0 Å². The summed E-state index contributed by atoms with van der Waals surface area (Å²) in [6.45, 7) is 6.80. The highest BCUT2D eigenvalue weighted by atomic mass is 79.9. The maximum Gasteiger partial charge on any atom is 0.269 e. The van der Waals surface area contributed by atoms with Gasteiger partial charge < -0.3 is 5.32 Å². The molecule has 2 aliphatic rings. The van der Waals surface area contributed by atoms with E-state index in [4.69, 9.17) is 0 Å². The van der Waals surface area contributed by atoms with Crippen LogP contribution in [0.2, 0.25) is 0 Å². The summed E-state index contributed by atoms with van der Waals surface area (Å²) >= 11 is 4.91. The lowest BCUT2D eigenvalue weighted by molar-refractivity contribution is -0.116. The predicted molar refractivity (Wildman–Crippen MR) is 124 cm³/mol. The van der Waals surface area contributed by atoms with Crippen molar-refractivity contribution in [3.63, 3.8) is 0 Å². The Balaban J connectivity index is 1.46. The van der Waals surface area contributed by atoms with E-state index in [9.17, 15) is 9.59 Å². The third-order valence-corrected chi connectivity index (χ3v) is 6.85. The molecule has 1 aromatic carbocycles. The predicted octanol–water partition coefficient (Wildman–Crippen LogP) is 4.36. The van der Waals surface area contributed by atoms with E-state index in [1.54, 1.807) is 0 Å². The van der Waals surface area contributed by atoms with Crippen molar-refractivity contribution in [3.8, 4) is 0 Å². The second kappa shape index (κ2) is 8.39. The number of carbonyl (C=O) groups excluding carboxylic acids is 2. The molecule has 2 aliphatic heterocycles. The molecule has 30 heavy (non-hydrogen) atoms. The van der Waals surface area contributed by atoms with Crippen LogP contribution in [0.15, 0.2) is 39.2 Å². The highest BCUT2D eigenvalue weighted by Crippen LogP contribution is 2.37. The van der Waals surface area contributed by atoms with E-state index in [1.165, 1.54) is 11.3 Å². The van der Waals surface area contributed by atoms with Crippen molar-refractivity contribution in [2.45, 2.75) is 39.9 Å². The van der Waals surface area contributed by atoms with Gasteiger partial charge in [-0.05, 0) is 48.1 Å². The normalized spacial score (nSPS) is 17.6. The van der Waals surface area contributed by atoms with Gasteiger partial charge >= 0.3 is 0 Å². The highest BCUT2D eigenvalue weighted by Gasteiger charge is 2.43. The first-order chi connectivity index (χ1) is 14.3. The first-order valence-electron chi connectivity index (χ1n) is 9.91. The smallest absolute Gasteiger partial charge is 0.269 e. The van der Waals surface area contributed by atoms with E-state index in [1.807, 2.05) is 46.4 Å². The van der Waals surface area contributed by atoms with Crippen LogP contribution in [-0.2, 0) is 4.79 Å². The molecule has 1 atom stereocenters. The summed E-state index contributed by atoms with van der Waals surface area (Å²) < 4.78 is 1.01. The van der Waals surface area contributed by atoms with E-state index in [2.05, 4.69) is 45.6 Å². The van der Waals surface area contributed by atoms with Crippen LogP contribution in [0.5, 0.6) is 0 Å². The van der Waals surface area contributed by atoms with Gasteiger partial charge in [-0.1, -0.05) is 29.8 Å². The minimum Gasteiger partial charge on any atom is -0.326 e. The van der Waals surface area contributed by atoms with Crippen molar-refractivity contribution in [2.24, 2.45) is 11.0 Å². The molecular weight excluding hydrogens is 466 g/mol. The van der Waals surface area contributed by atoms with Crippen molar-refractivity contribution in [3.05, 3.63) is 44.6 Å². The summed E-state index contributed by atoms with van der Waals surface area (Å²) in [6.07, 6.45) is 0.439. The van der Waals surface area contributed by atoms with E-state index in [0.717, 1.165) is 32.1 Å². The van der Waals surface area contributed by atoms with Crippen LogP contribution in [-0.4, -0.2) is 35.4 Å². The standard InChI is InChI=1S/C21H24BrN5O2S/c1-12(2)11-26-20(29)19-16(8-9-30-19)27-17(24-25-21(26)27)6-7-18(28)23-14-4-5-15(22)13(3)10-14/h4-5,8-10,12,21,25H,6-7,11H2,1-3H3,(H,23,28). The molecule has 4 rings (SSSR count). The number of amides is 2. The Labute approximate surface area is 188 Å². The van der Waals surface area contributed by atoms with Gasteiger partial charge in [-0.25, -0.2) is 0 Å². The molecule has 0 bridgehead atoms. The summed E-state index contributed by atoms with van der Waals surface area (Å²) in [7, 11) is 0. The quantitative estimate of drug-likeness (QED) is 0.631. The van der Waals surface area contributed by atoms with E-state index in [-0.39, 0.29) is 18.1 Å². The molecule has 158 valence electrons. The van der Waals surface area contributed by atoms with Gasteiger partial charge in [0.05, 0.1) is 5.69 Å². The van der Waals surface area contributed by atoms with Crippen LogP contribution in [0, 0.1) is 12.8 Å². The molecule has 0 radical (unpaired) electrons. The maximum atomic E-state index is 12.9. The lowest BCUT2D eigenvalue weighted by Crippen LogP contribution is -2.59. The molecular formula is C21H24BrN5O2S. The Kier molecular flexibility index (Phi) is 5.84. The van der Waals surface area contributed by atoms with Crippen LogP contribution >= 0.6 is 27.3 Å². The number of halogens is 1. The largest absolute Gasteiger partial charge is 0.326 e. The number of rotatable bonds is 6. The fourth-order valence-corrected chi connectivity index (χ4v) is 4.77. The zero-order chi connectivity index (χ0) is 21.4. The monoisotopic (exact) mass is 489 g/mol. The summed E-state index contributed by atoms with van der Waals surface area (Å²) in [6, 6.07) is 7.68. The van der Waals surface area contributed by atoms with Crippen molar-refractivity contribution in [1.82, 2.24) is 10.3 Å². The summed E-state index contributed by atoms with van der Waals surface area (Å²) in [5, 5.41) is 9.35. The number of fused-ring (bicyclic) bond motifs is 3. The minimum absolute atomic E-state index is 0.0299. The van der Waals surface area contributed by atoms with Crippen LogP contribution in [0.4, 0.5) is 11.4 Å². The van der Waals surface area contributed by atoms with Gasteiger partial charge in [0, 0.05) is 29.5 Å². The first kappa shape index (κ1) is 20.9. The number of amidine groups is 1. The molecule has 0 saturated carbocycles. The molecule has 2 amide bonds. The SMILES string of the molecule is Cc1cc(NC(=O)CCC2=NNC3N(CC(C)C)C(=O)c4sccc4N23)ccc1Br. The fraction of sp³-hybridized carbons (Fsp3) is 0.381. The average Bonchev–Trinajstić information content (AvgIpc) is 3.33. The van der Waals surface area contributed by atoms with Gasteiger partial charge in [-0.3, -0.25) is 24.8 Å². The highest BCUT2D eigenvalue weighted by molar-refractivity contribution is 9.10. The number of benzene rings is 1. The number of nitrogens with one attached hydrogen (secondary N) is 2.